The van der Waals surface area contributed by atoms with Gasteiger partial charge in [0.15, 0.2) is 5.58 Å². The van der Waals surface area contributed by atoms with E-state index in [4.69, 9.17) is 14.2 Å². The minimum absolute atomic E-state index is 0.0942. The number of halogens is 1. The Morgan fingerprint density at radius 2 is 1.59 bits per heavy atom. The molecule has 8 nitrogen and oxygen atoms in total. The van der Waals surface area contributed by atoms with Gasteiger partial charge < -0.3 is 9.26 Å². The van der Waals surface area contributed by atoms with Gasteiger partial charge in [0.1, 0.15) is 11.6 Å². The lowest BCUT2D eigenvalue weighted by Gasteiger charge is -2.42. The summed E-state index contributed by atoms with van der Waals surface area (Å²) in [5.74, 6) is 0.625. The third-order valence-corrected chi connectivity index (χ3v) is 11.7. The van der Waals surface area contributed by atoms with Crippen molar-refractivity contribution in [1.29, 1.82) is 0 Å². The van der Waals surface area contributed by atoms with Gasteiger partial charge in [0.05, 0.1) is 25.3 Å². The second-order valence-corrected chi connectivity index (χ2v) is 15.6. The molecule has 2 aliphatic heterocycles. The summed E-state index contributed by atoms with van der Waals surface area (Å²) in [6, 6.07) is 4.60. The third kappa shape index (κ3) is 11.5. The van der Waals surface area contributed by atoms with Crippen LogP contribution in [-0.2, 0) is 28.9 Å². The molecule has 1 fully saturated rings. The molecule has 0 aliphatic carbocycles. The number of fused-ring (bicyclic) bond motifs is 2. The van der Waals surface area contributed by atoms with Crippen LogP contribution in [0, 0.1) is 12.7 Å². The van der Waals surface area contributed by atoms with Gasteiger partial charge >= 0.3 is 5.97 Å². The van der Waals surface area contributed by atoms with Gasteiger partial charge in [-0.2, -0.15) is 0 Å². The Morgan fingerprint density at radius 1 is 0.941 bits per heavy atom. The Bertz CT molecular complexity index is 1570. The normalized spacial score (nSPS) is 19.0. The highest BCUT2D eigenvalue weighted by atomic mass is 19.1. The molecule has 282 valence electrons. The van der Waals surface area contributed by atoms with Crippen molar-refractivity contribution in [3.05, 3.63) is 57.1 Å². The molecule has 9 heteroatoms. The van der Waals surface area contributed by atoms with Crippen molar-refractivity contribution in [2.75, 3.05) is 26.4 Å². The summed E-state index contributed by atoms with van der Waals surface area (Å²) >= 11 is 0. The van der Waals surface area contributed by atoms with E-state index in [0.29, 0.717) is 36.2 Å². The van der Waals surface area contributed by atoms with Gasteiger partial charge in [0.2, 0.25) is 6.73 Å². The molecule has 1 saturated heterocycles. The molecule has 0 bridgehead atoms. The number of aryl methyl sites for hydroxylation is 2. The molecule has 0 saturated carbocycles. The molecule has 0 spiro atoms. The first kappa shape index (κ1) is 39.1. The second kappa shape index (κ2) is 20.2. The fraction of sp³-hybridized carbons (Fsp3) is 0.714. The van der Waals surface area contributed by atoms with Crippen molar-refractivity contribution in [3.8, 4) is 0 Å². The van der Waals surface area contributed by atoms with Crippen LogP contribution < -0.4 is 5.56 Å². The van der Waals surface area contributed by atoms with Crippen LogP contribution in [0.2, 0.25) is 0 Å². The lowest BCUT2D eigenvalue weighted by molar-refractivity contribution is -0.948. The number of nitrogens with zero attached hydrogens (tertiary/aromatic N) is 4. The monoisotopic (exact) mass is 707 g/mol. The van der Waals surface area contributed by atoms with Crippen LogP contribution in [0.5, 0.6) is 0 Å². The molecule has 5 rings (SSSR count). The molecule has 2 aromatic heterocycles. The first-order chi connectivity index (χ1) is 24.9. The number of quaternary nitrogens is 1. The van der Waals surface area contributed by atoms with Crippen LogP contribution in [0.25, 0.3) is 11.0 Å². The molecule has 0 N–H and O–H groups in total. The van der Waals surface area contributed by atoms with Crippen LogP contribution >= 0.6 is 0 Å². The van der Waals surface area contributed by atoms with Crippen LogP contribution in [0.3, 0.4) is 0 Å². The van der Waals surface area contributed by atoms with E-state index in [1.54, 1.807) is 6.07 Å². The zero-order valence-corrected chi connectivity index (χ0v) is 31.7. The van der Waals surface area contributed by atoms with Crippen molar-refractivity contribution >= 4 is 16.9 Å². The molecular formula is C42H64FN4O4+. The lowest BCUT2D eigenvalue weighted by Crippen LogP contribution is -2.55. The van der Waals surface area contributed by atoms with Gasteiger partial charge in [0.25, 0.3) is 5.56 Å². The van der Waals surface area contributed by atoms with E-state index in [0.717, 1.165) is 92.7 Å². The largest absolute Gasteiger partial charge is 0.415 e. The van der Waals surface area contributed by atoms with Gasteiger partial charge in [-0.15, -0.1) is 0 Å². The smallest absolute Gasteiger partial charge is 0.310 e. The zero-order valence-electron chi connectivity index (χ0n) is 31.7. The minimum Gasteiger partial charge on any atom is -0.415 e. The lowest BCUT2D eigenvalue weighted by atomic mass is 9.90. The molecule has 4 heterocycles. The van der Waals surface area contributed by atoms with Gasteiger partial charge in [-0.3, -0.25) is 18.6 Å². The molecular weight excluding hydrogens is 643 g/mol. The van der Waals surface area contributed by atoms with E-state index in [1.165, 1.54) is 95.6 Å². The number of carbonyl (C=O) groups excluding carboxylic acids is 1. The third-order valence-electron chi connectivity index (χ3n) is 11.7. The van der Waals surface area contributed by atoms with Crippen molar-refractivity contribution in [3.63, 3.8) is 0 Å². The predicted molar refractivity (Wildman–Crippen MR) is 201 cm³/mol. The number of hydrogen-bond acceptors (Lipinski definition) is 6. The highest BCUT2D eigenvalue weighted by molar-refractivity contribution is 5.79. The van der Waals surface area contributed by atoms with Crippen molar-refractivity contribution in [2.45, 2.75) is 168 Å². The molecule has 2 aliphatic rings. The van der Waals surface area contributed by atoms with Gasteiger partial charge in [-0.1, -0.05) is 102 Å². The van der Waals surface area contributed by atoms with Crippen molar-refractivity contribution in [2.24, 2.45) is 0 Å². The topological polar surface area (TPSA) is 87.2 Å². The first-order valence-corrected chi connectivity index (χ1v) is 20.5. The maximum atomic E-state index is 13.8. The zero-order chi connectivity index (χ0) is 35.9. The fourth-order valence-electron chi connectivity index (χ4n) is 8.32. The maximum Gasteiger partial charge on any atom is 0.310 e. The number of esters is 1. The van der Waals surface area contributed by atoms with E-state index in [-0.39, 0.29) is 23.3 Å². The summed E-state index contributed by atoms with van der Waals surface area (Å²) in [4.78, 5) is 31.4. The maximum absolute atomic E-state index is 13.8. The summed E-state index contributed by atoms with van der Waals surface area (Å²) in [5.41, 5.74) is 3.05. The molecule has 0 atom stereocenters. The molecule has 0 radical (unpaired) electrons. The quantitative estimate of drug-likeness (QED) is 0.0587. The number of aromatic nitrogens is 3. The van der Waals surface area contributed by atoms with Crippen molar-refractivity contribution in [1.82, 2.24) is 14.7 Å². The second-order valence-electron chi connectivity index (χ2n) is 15.6. The average molecular weight is 708 g/mol. The summed E-state index contributed by atoms with van der Waals surface area (Å²) in [6.07, 6.45) is 25.1. The molecule has 0 unspecified atom stereocenters. The number of likely N-dealkylation sites (tertiary alicyclic amines) is 1. The van der Waals surface area contributed by atoms with E-state index < -0.39 is 0 Å². The van der Waals surface area contributed by atoms with Gasteiger partial charge in [-0.25, -0.2) is 9.37 Å². The van der Waals surface area contributed by atoms with Gasteiger partial charge in [0, 0.05) is 67.3 Å². The highest BCUT2D eigenvalue weighted by Gasteiger charge is 2.37. The standard InChI is InChI=1S/C42H64FN4O4/c1-3-4-5-6-7-8-9-10-11-12-13-14-15-16-17-21-40(48)50-32-47(30-26-36-33(2)44-39-20-18-19-27-46(39)42(36)49)28-24-34(25-29-47)41-37-23-22-35(43)31-38(37)51-45-41/h22-23,31,34H,3-21,24-30,32H2,1-2H3/q+1. The number of ether oxygens (including phenoxy) is 1. The van der Waals surface area contributed by atoms with Crippen LogP contribution in [-0.4, -0.2) is 51.5 Å². The minimum atomic E-state index is -0.335. The van der Waals surface area contributed by atoms with Gasteiger partial charge in [-0.05, 0) is 38.3 Å². The Morgan fingerprint density at radius 3 is 2.25 bits per heavy atom. The van der Waals surface area contributed by atoms with E-state index in [1.807, 2.05) is 11.5 Å². The predicted octanol–water partition coefficient (Wildman–Crippen LogP) is 9.87. The number of unbranched alkanes of at least 4 members (excludes halogenated alkanes) is 14. The number of benzene rings is 1. The number of piperidine rings is 1. The average Bonchev–Trinajstić information content (AvgIpc) is 3.55. The summed E-state index contributed by atoms with van der Waals surface area (Å²) in [5, 5.41) is 5.21. The molecule has 0 amide bonds. The number of carbonyl (C=O) groups is 1. The Kier molecular flexibility index (Phi) is 15.5. The first-order valence-electron chi connectivity index (χ1n) is 20.5. The Balaban J connectivity index is 1.07. The summed E-state index contributed by atoms with van der Waals surface area (Å²) in [7, 11) is 0. The SMILES string of the molecule is CCCCCCCCCCCCCCCCCC(=O)OC[N+]1(CCc2c(C)nc3n(c2=O)CCCC3)CCC(c2noc3cc(F)ccc23)CC1. The number of hydrogen-bond donors (Lipinski definition) is 0. The molecule has 51 heavy (non-hydrogen) atoms. The number of rotatable bonds is 22. The highest BCUT2D eigenvalue weighted by Crippen LogP contribution is 2.35. The fourth-order valence-corrected chi connectivity index (χ4v) is 8.32. The van der Waals surface area contributed by atoms with Crippen molar-refractivity contribution < 1.29 is 22.9 Å². The van der Waals surface area contributed by atoms with E-state index >= 15 is 0 Å². The van der Waals surface area contributed by atoms with E-state index in [2.05, 4.69) is 12.1 Å². The summed E-state index contributed by atoms with van der Waals surface area (Å²) < 4.78 is 27.8. The molecule has 3 aromatic rings. The van der Waals surface area contributed by atoms with E-state index in [9.17, 15) is 14.0 Å². The van der Waals surface area contributed by atoms with Crippen LogP contribution in [0.4, 0.5) is 4.39 Å². The Labute approximate surface area is 305 Å². The van der Waals surface area contributed by atoms with Crippen LogP contribution in [0.15, 0.2) is 27.5 Å². The summed E-state index contributed by atoms with van der Waals surface area (Å²) in [6.45, 7) is 7.59. The Hall–Kier alpha value is -3.07. The van der Waals surface area contributed by atoms with Crippen LogP contribution in [0.1, 0.15) is 164 Å². The molecule has 1 aromatic carbocycles.